The molecule has 0 fully saturated rings. The van der Waals surface area contributed by atoms with E-state index >= 15 is 0 Å². The van der Waals surface area contributed by atoms with Crippen molar-refractivity contribution in [3.8, 4) is 11.5 Å². The van der Waals surface area contributed by atoms with E-state index in [-0.39, 0.29) is 5.69 Å². The number of non-ortho nitro benzene ring substituents is 1. The minimum atomic E-state index is -0.845. The Balaban J connectivity index is 1.50. The van der Waals surface area contributed by atoms with Crippen molar-refractivity contribution >= 4 is 29.4 Å². The van der Waals surface area contributed by atoms with Gasteiger partial charge in [-0.05, 0) is 54.4 Å². The largest absolute Gasteiger partial charge is 0.489 e. The minimum absolute atomic E-state index is 0.0570. The molecule has 0 saturated heterocycles. The number of benzene rings is 3. The molecule has 0 aromatic heterocycles. The van der Waals surface area contributed by atoms with Gasteiger partial charge in [-0.15, -0.1) is 0 Å². The molecule has 0 aliphatic carbocycles. The van der Waals surface area contributed by atoms with Gasteiger partial charge >= 0.3 is 0 Å². The maximum Gasteiger partial charge on any atom is 0.280 e. The first-order chi connectivity index (χ1) is 15.4. The number of nitrogens with one attached hydrogen (secondary N) is 1. The van der Waals surface area contributed by atoms with Crippen LogP contribution in [0.2, 0.25) is 5.02 Å². The highest BCUT2D eigenvalue weighted by molar-refractivity contribution is 6.30. The third-order valence-corrected chi connectivity index (χ3v) is 4.55. The van der Waals surface area contributed by atoms with Crippen LogP contribution in [-0.2, 0) is 11.4 Å². The van der Waals surface area contributed by atoms with E-state index in [4.69, 9.17) is 21.1 Å². The van der Waals surface area contributed by atoms with E-state index in [0.29, 0.717) is 23.1 Å². The van der Waals surface area contributed by atoms with Crippen molar-refractivity contribution in [2.75, 3.05) is 0 Å². The number of nitro benzene ring substituents is 1. The van der Waals surface area contributed by atoms with Gasteiger partial charge < -0.3 is 9.47 Å². The van der Waals surface area contributed by atoms with Crippen LogP contribution >= 0.6 is 11.6 Å². The lowest BCUT2D eigenvalue weighted by Crippen LogP contribution is -2.33. The molecule has 0 bridgehead atoms. The van der Waals surface area contributed by atoms with Crippen LogP contribution in [0.5, 0.6) is 11.5 Å². The van der Waals surface area contributed by atoms with Crippen LogP contribution in [-0.4, -0.2) is 23.1 Å². The Bertz CT molecular complexity index is 1100. The predicted molar refractivity (Wildman–Crippen MR) is 121 cm³/mol. The molecule has 1 unspecified atom stereocenters. The van der Waals surface area contributed by atoms with Gasteiger partial charge in [0.25, 0.3) is 11.6 Å². The quantitative estimate of drug-likeness (QED) is 0.286. The van der Waals surface area contributed by atoms with Crippen LogP contribution in [0.15, 0.2) is 77.9 Å². The van der Waals surface area contributed by atoms with Crippen LogP contribution in [0.25, 0.3) is 0 Å². The Kier molecular flexibility index (Phi) is 7.77. The van der Waals surface area contributed by atoms with Gasteiger partial charge in [-0.25, -0.2) is 5.43 Å². The van der Waals surface area contributed by atoms with Gasteiger partial charge in [-0.2, -0.15) is 5.10 Å². The van der Waals surface area contributed by atoms with Crippen molar-refractivity contribution < 1.29 is 19.2 Å². The smallest absolute Gasteiger partial charge is 0.280 e. The highest BCUT2D eigenvalue weighted by Gasteiger charge is 2.14. The van der Waals surface area contributed by atoms with Crippen molar-refractivity contribution in [3.05, 3.63) is 99.1 Å². The first kappa shape index (κ1) is 22.8. The lowest BCUT2D eigenvalue weighted by atomic mass is 10.2. The van der Waals surface area contributed by atoms with Crippen molar-refractivity contribution in [1.29, 1.82) is 0 Å². The molecule has 0 aliphatic heterocycles. The number of amides is 1. The molecule has 164 valence electrons. The molecule has 0 heterocycles. The lowest BCUT2D eigenvalue weighted by Gasteiger charge is -2.12. The molecule has 32 heavy (non-hydrogen) atoms. The van der Waals surface area contributed by atoms with Crippen LogP contribution in [0.1, 0.15) is 18.1 Å². The van der Waals surface area contributed by atoms with Crippen molar-refractivity contribution in [1.82, 2.24) is 5.43 Å². The standard InChI is InChI=1S/C23H20ClN3O5/c1-16(32-21-11-9-20(10-12-21)27(29)30)23(28)26-25-14-18-3-2-4-22(13-18)31-15-17-5-7-19(24)8-6-17/h2-14,16H,15H2,1H3,(H,26,28). The van der Waals surface area contributed by atoms with Crippen LogP contribution in [0.3, 0.4) is 0 Å². The summed E-state index contributed by atoms with van der Waals surface area (Å²) in [5, 5.41) is 15.3. The second-order valence-electron chi connectivity index (χ2n) is 6.73. The van der Waals surface area contributed by atoms with Gasteiger partial charge in [0.15, 0.2) is 6.10 Å². The summed E-state index contributed by atoms with van der Waals surface area (Å²) in [5.74, 6) is 0.535. The normalized spacial score (nSPS) is 11.7. The molecule has 0 radical (unpaired) electrons. The molecule has 0 spiro atoms. The molecular weight excluding hydrogens is 434 g/mol. The van der Waals surface area contributed by atoms with E-state index in [1.54, 1.807) is 25.1 Å². The third-order valence-electron chi connectivity index (χ3n) is 4.29. The van der Waals surface area contributed by atoms with Crippen molar-refractivity contribution in [2.24, 2.45) is 5.10 Å². The molecular formula is C23H20ClN3O5. The number of ether oxygens (including phenoxy) is 2. The fourth-order valence-electron chi connectivity index (χ4n) is 2.60. The Morgan fingerprint density at radius 3 is 2.53 bits per heavy atom. The second kappa shape index (κ2) is 10.9. The number of nitro groups is 1. The summed E-state index contributed by atoms with van der Waals surface area (Å²) in [6.07, 6.45) is 0.647. The van der Waals surface area contributed by atoms with Gasteiger partial charge in [0, 0.05) is 17.2 Å². The molecule has 1 N–H and O–H groups in total. The highest BCUT2D eigenvalue weighted by Crippen LogP contribution is 2.18. The molecule has 1 amide bonds. The van der Waals surface area contributed by atoms with Crippen molar-refractivity contribution in [2.45, 2.75) is 19.6 Å². The van der Waals surface area contributed by atoms with E-state index in [2.05, 4.69) is 10.5 Å². The Labute approximate surface area is 189 Å². The van der Waals surface area contributed by atoms with Gasteiger partial charge in [-0.1, -0.05) is 35.9 Å². The molecule has 1 atom stereocenters. The fraction of sp³-hybridized carbons (Fsp3) is 0.130. The van der Waals surface area contributed by atoms with Gasteiger partial charge in [0.1, 0.15) is 18.1 Å². The minimum Gasteiger partial charge on any atom is -0.489 e. The number of halogens is 1. The molecule has 3 aromatic carbocycles. The average molecular weight is 454 g/mol. The Morgan fingerprint density at radius 2 is 1.84 bits per heavy atom. The summed E-state index contributed by atoms with van der Waals surface area (Å²) in [6.45, 7) is 1.95. The average Bonchev–Trinajstić information content (AvgIpc) is 2.79. The second-order valence-corrected chi connectivity index (χ2v) is 7.17. The Morgan fingerprint density at radius 1 is 1.12 bits per heavy atom. The number of hydrogen-bond donors (Lipinski definition) is 1. The van der Waals surface area contributed by atoms with Gasteiger partial charge in [0.05, 0.1) is 11.1 Å². The number of hydrazone groups is 1. The monoisotopic (exact) mass is 453 g/mol. The molecule has 0 saturated carbocycles. The summed E-state index contributed by atoms with van der Waals surface area (Å²) in [4.78, 5) is 22.3. The lowest BCUT2D eigenvalue weighted by molar-refractivity contribution is -0.384. The van der Waals surface area contributed by atoms with Crippen LogP contribution in [0.4, 0.5) is 5.69 Å². The van der Waals surface area contributed by atoms with Gasteiger partial charge in [0.2, 0.25) is 0 Å². The number of rotatable bonds is 9. The maximum absolute atomic E-state index is 12.2. The molecule has 0 aliphatic rings. The van der Waals surface area contributed by atoms with Crippen LogP contribution < -0.4 is 14.9 Å². The Hall–Kier alpha value is -3.91. The van der Waals surface area contributed by atoms with E-state index in [0.717, 1.165) is 11.1 Å². The zero-order valence-electron chi connectivity index (χ0n) is 17.1. The number of hydrogen-bond acceptors (Lipinski definition) is 6. The SMILES string of the molecule is CC(Oc1ccc([N+](=O)[O-])cc1)C(=O)NN=Cc1cccc(OCc2ccc(Cl)cc2)c1. The highest BCUT2D eigenvalue weighted by atomic mass is 35.5. The summed E-state index contributed by atoms with van der Waals surface area (Å²) < 4.78 is 11.3. The third kappa shape index (κ3) is 6.82. The van der Waals surface area contributed by atoms with E-state index in [1.807, 2.05) is 30.3 Å². The molecule has 9 heteroatoms. The van der Waals surface area contributed by atoms with Crippen molar-refractivity contribution in [3.63, 3.8) is 0 Å². The molecule has 3 rings (SSSR count). The topological polar surface area (TPSA) is 103 Å². The summed E-state index contributed by atoms with van der Waals surface area (Å²) in [5.41, 5.74) is 4.08. The fourth-order valence-corrected chi connectivity index (χ4v) is 2.72. The van der Waals surface area contributed by atoms with E-state index in [9.17, 15) is 14.9 Å². The molecule has 3 aromatic rings. The van der Waals surface area contributed by atoms with E-state index < -0.39 is 16.9 Å². The zero-order valence-corrected chi connectivity index (χ0v) is 17.9. The first-order valence-corrected chi connectivity index (χ1v) is 10.00. The number of carbonyl (C=O) groups is 1. The summed E-state index contributed by atoms with van der Waals surface area (Å²) >= 11 is 5.88. The maximum atomic E-state index is 12.2. The first-order valence-electron chi connectivity index (χ1n) is 9.62. The molecule has 8 nitrogen and oxygen atoms in total. The zero-order chi connectivity index (χ0) is 22.9. The van der Waals surface area contributed by atoms with E-state index in [1.165, 1.54) is 30.5 Å². The predicted octanol–water partition coefficient (Wildman–Crippen LogP) is 4.74. The number of nitrogens with zero attached hydrogens (tertiary/aromatic N) is 2. The summed E-state index contributed by atoms with van der Waals surface area (Å²) in [7, 11) is 0. The van der Waals surface area contributed by atoms with Gasteiger partial charge in [-0.3, -0.25) is 14.9 Å². The van der Waals surface area contributed by atoms with Crippen LogP contribution in [0, 0.1) is 10.1 Å². The number of carbonyl (C=O) groups excluding carboxylic acids is 1. The summed E-state index contributed by atoms with van der Waals surface area (Å²) in [6, 6.07) is 20.1.